The normalized spacial score (nSPS) is 19.2. The van der Waals surface area contributed by atoms with Crippen LogP contribution < -0.4 is 0 Å². The number of tetrazole rings is 1. The lowest BCUT2D eigenvalue weighted by molar-refractivity contribution is 0.0902. The molecule has 6 nitrogen and oxygen atoms in total. The molecule has 1 aliphatic heterocycles. The minimum Gasteiger partial charge on any atom is -0.304 e. The summed E-state index contributed by atoms with van der Waals surface area (Å²) in [5.74, 6) is 1.64. The van der Waals surface area contributed by atoms with E-state index in [1.165, 1.54) is 0 Å². The lowest BCUT2D eigenvalue weighted by Gasteiger charge is -2.38. The number of hydrogen-bond donors (Lipinski definition) is 0. The molecule has 128 valence electrons. The zero-order valence-corrected chi connectivity index (χ0v) is 15.6. The molecule has 0 amide bonds. The summed E-state index contributed by atoms with van der Waals surface area (Å²) in [6.45, 7) is 15.4. The third-order valence-electron chi connectivity index (χ3n) is 4.10. The van der Waals surface area contributed by atoms with Crippen molar-refractivity contribution in [3.05, 3.63) is 5.82 Å². The molecule has 1 saturated heterocycles. The van der Waals surface area contributed by atoms with Gasteiger partial charge in [-0.05, 0) is 50.6 Å². The molecule has 0 saturated carbocycles. The fourth-order valence-corrected chi connectivity index (χ4v) is 2.88. The van der Waals surface area contributed by atoms with E-state index in [-0.39, 0.29) is 17.9 Å². The van der Waals surface area contributed by atoms with E-state index in [1.54, 1.807) is 0 Å². The van der Waals surface area contributed by atoms with Crippen LogP contribution in [0.4, 0.5) is 0 Å². The first kappa shape index (κ1) is 19.3. The Morgan fingerprint density at radius 3 is 2.18 bits per heavy atom. The average Bonchev–Trinajstić information content (AvgIpc) is 2.85. The molecule has 22 heavy (non-hydrogen) atoms. The number of piperazine rings is 1. The van der Waals surface area contributed by atoms with Gasteiger partial charge in [0, 0.05) is 26.2 Å². The summed E-state index contributed by atoms with van der Waals surface area (Å²) in [7, 11) is 2.19. The van der Waals surface area contributed by atoms with Crippen molar-refractivity contribution in [3.8, 4) is 0 Å². The zero-order chi connectivity index (χ0) is 15.6. The predicted octanol–water partition coefficient (Wildman–Crippen LogP) is 2.18. The Morgan fingerprint density at radius 1 is 1.09 bits per heavy atom. The van der Waals surface area contributed by atoms with E-state index in [4.69, 9.17) is 0 Å². The molecule has 1 aliphatic rings. The zero-order valence-electron chi connectivity index (χ0n) is 14.8. The Kier molecular flexibility index (Phi) is 6.77. The van der Waals surface area contributed by atoms with Crippen LogP contribution in [0.3, 0.4) is 0 Å². The second-order valence-corrected chi connectivity index (χ2v) is 7.60. The van der Waals surface area contributed by atoms with Crippen molar-refractivity contribution in [1.82, 2.24) is 30.0 Å². The van der Waals surface area contributed by atoms with Gasteiger partial charge >= 0.3 is 0 Å². The van der Waals surface area contributed by atoms with E-state index >= 15 is 0 Å². The van der Waals surface area contributed by atoms with E-state index in [9.17, 15) is 0 Å². The minimum atomic E-state index is -0.0827. The fourth-order valence-electron chi connectivity index (χ4n) is 2.88. The maximum absolute atomic E-state index is 4.38. The summed E-state index contributed by atoms with van der Waals surface area (Å²) in [5, 5.41) is 12.6. The van der Waals surface area contributed by atoms with Crippen LogP contribution in [0.5, 0.6) is 0 Å². The van der Waals surface area contributed by atoms with E-state index < -0.39 is 0 Å². The van der Waals surface area contributed by atoms with Crippen LogP contribution in [0.15, 0.2) is 0 Å². The second kappa shape index (κ2) is 7.70. The number of hydrogen-bond acceptors (Lipinski definition) is 5. The molecule has 1 atom stereocenters. The number of aromatic nitrogens is 4. The maximum Gasteiger partial charge on any atom is 0.168 e. The lowest BCUT2D eigenvalue weighted by atomic mass is 9.99. The Balaban J connectivity index is 0.00000242. The first-order valence-corrected chi connectivity index (χ1v) is 8.00. The van der Waals surface area contributed by atoms with Crippen molar-refractivity contribution in [2.75, 3.05) is 33.2 Å². The summed E-state index contributed by atoms with van der Waals surface area (Å²) in [4.78, 5) is 4.93. The summed E-state index contributed by atoms with van der Waals surface area (Å²) >= 11 is 0. The number of rotatable bonds is 4. The molecule has 2 rings (SSSR count). The highest BCUT2D eigenvalue weighted by molar-refractivity contribution is 5.85. The van der Waals surface area contributed by atoms with Crippen molar-refractivity contribution < 1.29 is 0 Å². The first-order chi connectivity index (χ1) is 9.79. The average molecular weight is 331 g/mol. The largest absolute Gasteiger partial charge is 0.304 e. The molecule has 0 N–H and O–H groups in total. The highest BCUT2D eigenvalue weighted by Crippen LogP contribution is 2.29. The van der Waals surface area contributed by atoms with Crippen molar-refractivity contribution in [2.45, 2.75) is 52.6 Å². The molecule has 1 aromatic rings. The van der Waals surface area contributed by atoms with Gasteiger partial charge in [-0.1, -0.05) is 13.8 Å². The van der Waals surface area contributed by atoms with Crippen LogP contribution in [0, 0.1) is 5.92 Å². The maximum atomic E-state index is 4.38. The lowest BCUT2D eigenvalue weighted by Crippen LogP contribution is -2.47. The number of halogens is 1. The Bertz CT molecular complexity index is 445. The number of likely N-dealkylation sites (N-methyl/N-ethyl adjacent to an activating group) is 1. The van der Waals surface area contributed by atoms with Gasteiger partial charge in [-0.2, -0.15) is 0 Å². The molecule has 0 spiro atoms. The molecule has 1 aromatic heterocycles. The van der Waals surface area contributed by atoms with Gasteiger partial charge in [0.1, 0.15) is 0 Å². The molecule has 0 aromatic carbocycles. The topological polar surface area (TPSA) is 50.1 Å². The first-order valence-electron chi connectivity index (χ1n) is 8.00. The summed E-state index contributed by atoms with van der Waals surface area (Å²) < 4.78 is 2.00. The SMILES string of the molecule is CC(C)CC(c1nnnn1C(C)(C)C)N1CCN(C)CC1.Cl. The van der Waals surface area contributed by atoms with Gasteiger partial charge in [0.25, 0.3) is 0 Å². The smallest absolute Gasteiger partial charge is 0.168 e. The van der Waals surface area contributed by atoms with Crippen LogP contribution in [0.2, 0.25) is 0 Å². The summed E-state index contributed by atoms with van der Waals surface area (Å²) in [6, 6.07) is 0.313. The van der Waals surface area contributed by atoms with E-state index in [0.29, 0.717) is 12.0 Å². The van der Waals surface area contributed by atoms with Crippen molar-refractivity contribution in [2.24, 2.45) is 5.92 Å². The van der Waals surface area contributed by atoms with Crippen LogP contribution >= 0.6 is 12.4 Å². The molecule has 0 aliphatic carbocycles. The third kappa shape index (κ3) is 4.64. The van der Waals surface area contributed by atoms with Gasteiger partial charge in [0.05, 0.1) is 11.6 Å². The van der Waals surface area contributed by atoms with Gasteiger partial charge < -0.3 is 4.90 Å². The van der Waals surface area contributed by atoms with Crippen molar-refractivity contribution >= 4 is 12.4 Å². The molecular formula is C15H31ClN6. The van der Waals surface area contributed by atoms with E-state index in [0.717, 1.165) is 38.4 Å². The van der Waals surface area contributed by atoms with Crippen LogP contribution in [-0.4, -0.2) is 63.2 Å². The quantitative estimate of drug-likeness (QED) is 0.847. The van der Waals surface area contributed by atoms with E-state index in [2.05, 4.69) is 67.0 Å². The third-order valence-corrected chi connectivity index (χ3v) is 4.10. The summed E-state index contributed by atoms with van der Waals surface area (Å²) in [6.07, 6.45) is 1.10. The highest BCUT2D eigenvalue weighted by atomic mass is 35.5. The molecule has 1 fully saturated rings. The molecule has 7 heteroatoms. The summed E-state index contributed by atoms with van der Waals surface area (Å²) in [5.41, 5.74) is -0.0827. The van der Waals surface area contributed by atoms with Crippen LogP contribution in [0.25, 0.3) is 0 Å². The van der Waals surface area contributed by atoms with Gasteiger partial charge in [-0.15, -0.1) is 17.5 Å². The van der Waals surface area contributed by atoms with E-state index in [1.807, 2.05) is 4.68 Å². The molecule has 0 bridgehead atoms. The standard InChI is InChI=1S/C15H30N6.ClH/c1-12(2)11-13(20-9-7-19(6)8-10-20)14-16-17-18-21(14)15(3,4)5;/h12-13H,7-11H2,1-6H3;1H. The Hall–Kier alpha value is -0.720. The van der Waals surface area contributed by atoms with Gasteiger partial charge in [-0.25, -0.2) is 4.68 Å². The van der Waals surface area contributed by atoms with Gasteiger partial charge in [0.2, 0.25) is 0 Å². The number of nitrogens with zero attached hydrogens (tertiary/aromatic N) is 6. The van der Waals surface area contributed by atoms with Gasteiger partial charge in [-0.3, -0.25) is 4.90 Å². The Morgan fingerprint density at radius 2 is 1.68 bits per heavy atom. The minimum absolute atomic E-state index is 0. The van der Waals surface area contributed by atoms with Crippen LogP contribution in [0.1, 0.15) is 52.9 Å². The molecule has 1 unspecified atom stereocenters. The van der Waals surface area contributed by atoms with Crippen molar-refractivity contribution in [1.29, 1.82) is 0 Å². The Labute approximate surface area is 140 Å². The van der Waals surface area contributed by atoms with Crippen LogP contribution in [-0.2, 0) is 5.54 Å². The monoisotopic (exact) mass is 330 g/mol. The fraction of sp³-hybridized carbons (Fsp3) is 0.933. The van der Waals surface area contributed by atoms with Crippen molar-refractivity contribution in [3.63, 3.8) is 0 Å². The predicted molar refractivity (Wildman–Crippen MR) is 91.3 cm³/mol. The molecule has 0 radical (unpaired) electrons. The molecule has 2 heterocycles. The van der Waals surface area contributed by atoms with Gasteiger partial charge in [0.15, 0.2) is 5.82 Å². The second-order valence-electron chi connectivity index (χ2n) is 7.60. The highest BCUT2D eigenvalue weighted by Gasteiger charge is 2.31. The molecular weight excluding hydrogens is 300 g/mol.